The number of anilines is 1. The van der Waals surface area contributed by atoms with E-state index < -0.39 is 5.60 Å². The van der Waals surface area contributed by atoms with E-state index >= 15 is 0 Å². The third-order valence-electron chi connectivity index (χ3n) is 8.11. The van der Waals surface area contributed by atoms with E-state index in [-0.39, 0.29) is 24.6 Å². The van der Waals surface area contributed by atoms with Crippen molar-refractivity contribution in [1.82, 2.24) is 4.90 Å². The summed E-state index contributed by atoms with van der Waals surface area (Å²) in [5.41, 5.74) is 4.88. The van der Waals surface area contributed by atoms with E-state index in [1.54, 1.807) is 0 Å². The fraction of sp³-hybridized carbons (Fsp3) is 0.444. The Balaban J connectivity index is 1.03. The minimum atomic E-state index is -0.464. The molecular weight excluding hydrogens is 540 g/mol. The summed E-state index contributed by atoms with van der Waals surface area (Å²) < 4.78 is 16.9. The summed E-state index contributed by atoms with van der Waals surface area (Å²) in [7, 11) is 0. The van der Waals surface area contributed by atoms with Crippen molar-refractivity contribution in [2.24, 2.45) is 11.8 Å². The van der Waals surface area contributed by atoms with Crippen LogP contribution >= 0.6 is 0 Å². The Hall–Kier alpha value is -3.68. The largest absolute Gasteiger partial charge is 0.460 e. The second-order valence-electron chi connectivity index (χ2n) is 12.8. The Morgan fingerprint density at radius 3 is 2.30 bits per heavy atom. The average molecular weight is 585 g/mol. The van der Waals surface area contributed by atoms with Crippen LogP contribution in [0.2, 0.25) is 0 Å². The third kappa shape index (κ3) is 9.15. The molecular formula is C36H44N2O5. The lowest BCUT2D eigenvalue weighted by molar-refractivity contribution is -0.156. The molecule has 1 aliphatic carbocycles. The van der Waals surface area contributed by atoms with E-state index in [1.807, 2.05) is 75.4 Å². The molecule has 1 saturated carbocycles. The maximum Gasteiger partial charge on any atom is 0.411 e. The summed E-state index contributed by atoms with van der Waals surface area (Å²) in [6.07, 6.45) is 2.48. The zero-order chi connectivity index (χ0) is 30.2. The Morgan fingerprint density at radius 2 is 1.56 bits per heavy atom. The molecule has 2 fully saturated rings. The van der Waals surface area contributed by atoms with Gasteiger partial charge in [-0.1, -0.05) is 72.8 Å². The van der Waals surface area contributed by atoms with Crippen molar-refractivity contribution < 1.29 is 23.8 Å². The molecule has 1 saturated heterocycles. The number of hydrogen-bond donors (Lipinski definition) is 1. The van der Waals surface area contributed by atoms with Crippen LogP contribution in [0, 0.1) is 11.8 Å². The Morgan fingerprint density at radius 1 is 0.860 bits per heavy atom. The number of likely N-dealkylation sites (tertiary alicyclic amines) is 1. The fourth-order valence-electron chi connectivity index (χ4n) is 6.30. The van der Waals surface area contributed by atoms with Gasteiger partial charge in [0.25, 0.3) is 0 Å². The summed E-state index contributed by atoms with van der Waals surface area (Å²) >= 11 is 0. The SMILES string of the molecule is CC(C)(C)OC(=O)CCOCCc1cccc(CN2C[C@H]3C[C@H](OC(=O)Nc4ccccc4-c4ccccc4)C[C@H]3C2)c1. The van der Waals surface area contributed by atoms with Gasteiger partial charge in [0.1, 0.15) is 11.7 Å². The first-order valence-corrected chi connectivity index (χ1v) is 15.4. The number of carbonyl (C=O) groups excluding carboxylic acids is 2. The van der Waals surface area contributed by atoms with Crippen LogP contribution in [0.4, 0.5) is 10.5 Å². The number of carbonyl (C=O) groups is 2. The van der Waals surface area contributed by atoms with Gasteiger partial charge in [-0.05, 0) is 74.6 Å². The number of amides is 1. The number of hydrogen-bond acceptors (Lipinski definition) is 6. The molecule has 3 aromatic carbocycles. The van der Waals surface area contributed by atoms with Crippen molar-refractivity contribution in [3.05, 3.63) is 90.0 Å². The van der Waals surface area contributed by atoms with Crippen LogP contribution in [0.5, 0.6) is 0 Å². The van der Waals surface area contributed by atoms with Gasteiger partial charge in [-0.2, -0.15) is 0 Å². The molecule has 3 aromatic rings. The van der Waals surface area contributed by atoms with Crippen molar-refractivity contribution in [3.63, 3.8) is 0 Å². The first-order valence-electron chi connectivity index (χ1n) is 15.4. The van der Waals surface area contributed by atoms with Gasteiger partial charge in [-0.15, -0.1) is 0 Å². The molecule has 228 valence electrons. The highest BCUT2D eigenvalue weighted by atomic mass is 16.6. The molecule has 7 nitrogen and oxygen atoms in total. The Labute approximate surface area is 255 Å². The van der Waals surface area contributed by atoms with Crippen LogP contribution in [-0.4, -0.2) is 55.0 Å². The highest BCUT2D eigenvalue weighted by Crippen LogP contribution is 2.40. The van der Waals surface area contributed by atoms with Crippen molar-refractivity contribution >= 4 is 17.7 Å². The summed E-state index contributed by atoms with van der Waals surface area (Å²) in [4.78, 5) is 27.2. The third-order valence-corrected chi connectivity index (χ3v) is 8.11. The van der Waals surface area contributed by atoms with Crippen LogP contribution in [0.3, 0.4) is 0 Å². The lowest BCUT2D eigenvalue weighted by atomic mass is 10.0. The summed E-state index contributed by atoms with van der Waals surface area (Å²) in [6.45, 7) is 9.53. The summed E-state index contributed by atoms with van der Waals surface area (Å²) in [5.74, 6) is 0.877. The second-order valence-corrected chi connectivity index (χ2v) is 12.8. The minimum absolute atomic E-state index is 0.0420. The molecule has 1 N–H and O–H groups in total. The summed E-state index contributed by atoms with van der Waals surface area (Å²) in [5, 5.41) is 2.98. The van der Waals surface area contributed by atoms with Crippen molar-refractivity contribution in [1.29, 1.82) is 0 Å². The molecule has 0 bridgehead atoms. The normalized spacial score (nSPS) is 20.0. The molecule has 7 heteroatoms. The lowest BCUT2D eigenvalue weighted by Crippen LogP contribution is -2.25. The molecule has 1 heterocycles. The van der Waals surface area contributed by atoms with Crippen molar-refractivity contribution in [2.75, 3.05) is 31.6 Å². The molecule has 1 amide bonds. The number of ether oxygens (including phenoxy) is 3. The van der Waals surface area contributed by atoms with E-state index in [2.05, 4.69) is 34.5 Å². The van der Waals surface area contributed by atoms with Crippen LogP contribution in [0.15, 0.2) is 78.9 Å². The van der Waals surface area contributed by atoms with Crippen molar-refractivity contribution in [2.45, 2.75) is 64.7 Å². The molecule has 2 aliphatic rings. The van der Waals surface area contributed by atoms with Crippen LogP contribution in [-0.2, 0) is 32.0 Å². The van der Waals surface area contributed by atoms with Gasteiger partial charge in [-0.3, -0.25) is 15.0 Å². The molecule has 0 unspecified atom stereocenters. The monoisotopic (exact) mass is 584 g/mol. The quantitative estimate of drug-likeness (QED) is 0.191. The first-order chi connectivity index (χ1) is 20.7. The van der Waals surface area contributed by atoms with Gasteiger partial charge in [0.15, 0.2) is 0 Å². The van der Waals surface area contributed by atoms with Gasteiger partial charge >= 0.3 is 12.1 Å². The number of para-hydroxylation sites is 1. The smallest absolute Gasteiger partial charge is 0.411 e. The number of esters is 1. The van der Waals surface area contributed by atoms with Crippen LogP contribution in [0.25, 0.3) is 11.1 Å². The van der Waals surface area contributed by atoms with Gasteiger partial charge < -0.3 is 14.2 Å². The maximum atomic E-state index is 12.8. The molecule has 3 atom stereocenters. The number of fused-ring (bicyclic) bond motifs is 1. The van der Waals surface area contributed by atoms with Gasteiger partial charge in [0.2, 0.25) is 0 Å². The first kappa shape index (κ1) is 30.8. The highest BCUT2D eigenvalue weighted by Gasteiger charge is 2.42. The number of benzene rings is 3. The molecule has 1 aliphatic heterocycles. The second kappa shape index (κ2) is 14.2. The van der Waals surface area contributed by atoms with Gasteiger partial charge in [0.05, 0.1) is 25.3 Å². The minimum Gasteiger partial charge on any atom is -0.460 e. The van der Waals surface area contributed by atoms with Gasteiger partial charge in [-0.25, -0.2) is 4.79 Å². The molecule has 5 rings (SSSR count). The number of rotatable bonds is 11. The predicted octanol–water partition coefficient (Wildman–Crippen LogP) is 7.10. The van der Waals surface area contributed by atoms with E-state index in [4.69, 9.17) is 14.2 Å². The van der Waals surface area contributed by atoms with E-state index in [9.17, 15) is 9.59 Å². The topological polar surface area (TPSA) is 77.1 Å². The molecule has 0 aromatic heterocycles. The molecule has 43 heavy (non-hydrogen) atoms. The van der Waals surface area contributed by atoms with E-state index in [0.29, 0.717) is 25.0 Å². The van der Waals surface area contributed by atoms with Crippen molar-refractivity contribution in [3.8, 4) is 11.1 Å². The lowest BCUT2D eigenvalue weighted by Gasteiger charge is -2.20. The van der Waals surface area contributed by atoms with E-state index in [0.717, 1.165) is 55.7 Å². The highest BCUT2D eigenvalue weighted by molar-refractivity contribution is 5.91. The van der Waals surface area contributed by atoms with Crippen LogP contribution in [0.1, 0.15) is 51.2 Å². The Bertz CT molecular complexity index is 1360. The van der Waals surface area contributed by atoms with Gasteiger partial charge in [0, 0.05) is 25.2 Å². The molecule has 0 radical (unpaired) electrons. The average Bonchev–Trinajstić information content (AvgIpc) is 3.50. The number of nitrogens with zero attached hydrogens (tertiary/aromatic N) is 1. The predicted molar refractivity (Wildman–Crippen MR) is 169 cm³/mol. The Kier molecular flexibility index (Phi) is 10.2. The number of nitrogens with one attached hydrogen (secondary N) is 1. The standard InChI is InChI=1S/C36H44N2O5/c1-36(2,3)43-34(39)17-19-41-18-16-26-10-9-11-27(20-26)23-38-24-29-21-31(22-30(29)25-38)42-35(40)37-33-15-8-7-14-32(33)28-12-5-4-6-13-28/h4-15,20,29-31H,16-19,21-25H2,1-3H3,(H,37,40)/t29-,30+,31+. The van der Waals surface area contributed by atoms with E-state index in [1.165, 1.54) is 11.1 Å². The van der Waals surface area contributed by atoms with Crippen LogP contribution < -0.4 is 5.32 Å². The summed E-state index contributed by atoms with van der Waals surface area (Å²) in [6, 6.07) is 26.6. The zero-order valence-corrected chi connectivity index (χ0v) is 25.6. The molecule has 0 spiro atoms. The fourth-order valence-corrected chi connectivity index (χ4v) is 6.30. The zero-order valence-electron chi connectivity index (χ0n) is 25.6. The maximum absolute atomic E-state index is 12.8.